The van der Waals surface area contributed by atoms with Crippen molar-refractivity contribution < 1.29 is 0 Å². The first-order valence-corrected chi connectivity index (χ1v) is 6.84. The van der Waals surface area contributed by atoms with Crippen molar-refractivity contribution in [3.8, 4) is 0 Å². The van der Waals surface area contributed by atoms with Crippen LogP contribution in [0.15, 0.2) is 12.1 Å². The van der Waals surface area contributed by atoms with Crippen LogP contribution in [0.2, 0.25) is 0 Å². The van der Waals surface area contributed by atoms with Gasteiger partial charge in [0.2, 0.25) is 0 Å². The van der Waals surface area contributed by atoms with Gasteiger partial charge in [-0.05, 0) is 51.8 Å². The Balaban J connectivity index is 1.86. The fourth-order valence-electron chi connectivity index (χ4n) is 2.66. The van der Waals surface area contributed by atoms with Gasteiger partial charge >= 0.3 is 0 Å². The van der Waals surface area contributed by atoms with Crippen LogP contribution in [-0.4, -0.2) is 35.3 Å². The van der Waals surface area contributed by atoms with E-state index in [2.05, 4.69) is 47.9 Å². The van der Waals surface area contributed by atoms with Gasteiger partial charge in [0.25, 0.3) is 0 Å². The molecule has 1 fully saturated rings. The lowest BCUT2D eigenvalue weighted by Crippen LogP contribution is -2.42. The van der Waals surface area contributed by atoms with E-state index in [-0.39, 0.29) is 0 Å². The van der Waals surface area contributed by atoms with Crippen molar-refractivity contribution in [2.75, 3.05) is 25.1 Å². The van der Waals surface area contributed by atoms with Crippen LogP contribution in [-0.2, 0) is 0 Å². The van der Waals surface area contributed by atoms with Crippen LogP contribution >= 0.6 is 0 Å². The van der Waals surface area contributed by atoms with Crippen molar-refractivity contribution >= 4 is 0 Å². The molecule has 0 unspecified atom stereocenters. The lowest BCUT2D eigenvalue weighted by molar-refractivity contribution is 0.215. The summed E-state index contributed by atoms with van der Waals surface area (Å²) in [5.74, 6) is 0. The molecule has 0 radical (unpaired) electrons. The molecule has 1 aromatic rings. The summed E-state index contributed by atoms with van der Waals surface area (Å²) in [7, 11) is 0. The van der Waals surface area contributed by atoms with Crippen LogP contribution in [0.1, 0.15) is 37.6 Å². The lowest BCUT2D eigenvalue weighted by Gasteiger charge is -2.33. The molecule has 0 amide bonds. The molecule has 96 valence electrons. The van der Waals surface area contributed by atoms with E-state index in [0.717, 1.165) is 0 Å². The van der Waals surface area contributed by atoms with Crippen molar-refractivity contribution in [3.63, 3.8) is 0 Å². The summed E-state index contributed by atoms with van der Waals surface area (Å²) in [6.07, 6.45) is 3.79. The molecule has 17 heavy (non-hydrogen) atoms. The number of aromatic nitrogens is 1. The molecule has 0 saturated carbocycles. The standard InChI is InChI=1S/C14H25N3/c1-4-9-16-10-7-14(8-11-16)15-17-12(2)5-6-13(17)3/h5-6,14-15H,4,7-11H2,1-3H3. The molecule has 1 aromatic heterocycles. The Morgan fingerprint density at radius 1 is 1.18 bits per heavy atom. The molecule has 1 aliphatic heterocycles. The third-order valence-electron chi connectivity index (χ3n) is 3.71. The van der Waals surface area contributed by atoms with E-state index in [1.807, 2.05) is 0 Å². The Bertz CT molecular complexity index is 329. The smallest absolute Gasteiger partial charge is 0.0448 e. The minimum absolute atomic E-state index is 0.632. The van der Waals surface area contributed by atoms with Gasteiger partial charge in [0.05, 0.1) is 0 Å². The normalized spacial score (nSPS) is 18.5. The van der Waals surface area contributed by atoms with E-state index in [1.54, 1.807) is 0 Å². The largest absolute Gasteiger partial charge is 0.323 e. The lowest BCUT2D eigenvalue weighted by atomic mass is 10.1. The van der Waals surface area contributed by atoms with E-state index in [1.165, 1.54) is 50.3 Å². The second-order valence-electron chi connectivity index (χ2n) is 5.20. The summed E-state index contributed by atoms with van der Waals surface area (Å²) >= 11 is 0. The molecule has 3 nitrogen and oxygen atoms in total. The Hall–Kier alpha value is -0.960. The van der Waals surface area contributed by atoms with Crippen molar-refractivity contribution in [3.05, 3.63) is 23.5 Å². The molecule has 1 saturated heterocycles. The zero-order valence-corrected chi connectivity index (χ0v) is 11.4. The average Bonchev–Trinajstić information content (AvgIpc) is 2.64. The van der Waals surface area contributed by atoms with Gasteiger partial charge in [-0.15, -0.1) is 0 Å². The first-order valence-electron chi connectivity index (χ1n) is 6.84. The second kappa shape index (κ2) is 5.58. The number of rotatable bonds is 4. The van der Waals surface area contributed by atoms with Crippen LogP contribution in [0.4, 0.5) is 0 Å². The van der Waals surface area contributed by atoms with Crippen LogP contribution in [0.25, 0.3) is 0 Å². The molecule has 1 N–H and O–H groups in total. The second-order valence-corrected chi connectivity index (χ2v) is 5.20. The van der Waals surface area contributed by atoms with Gasteiger partial charge in [-0.25, -0.2) is 0 Å². The highest BCUT2D eigenvalue weighted by Gasteiger charge is 2.18. The maximum absolute atomic E-state index is 3.65. The van der Waals surface area contributed by atoms with E-state index in [9.17, 15) is 0 Å². The highest BCUT2D eigenvalue weighted by molar-refractivity contribution is 5.16. The average molecular weight is 235 g/mol. The van der Waals surface area contributed by atoms with Gasteiger partial charge in [0.1, 0.15) is 0 Å². The van der Waals surface area contributed by atoms with Crippen LogP contribution in [0, 0.1) is 13.8 Å². The molecule has 2 rings (SSSR count). The van der Waals surface area contributed by atoms with E-state index in [0.29, 0.717) is 6.04 Å². The van der Waals surface area contributed by atoms with Crippen LogP contribution < -0.4 is 5.43 Å². The molecule has 0 atom stereocenters. The van der Waals surface area contributed by atoms with Gasteiger partial charge in [-0.2, -0.15) is 0 Å². The summed E-state index contributed by atoms with van der Waals surface area (Å²) in [5, 5.41) is 0. The summed E-state index contributed by atoms with van der Waals surface area (Å²) in [6.45, 7) is 10.3. The number of piperidine rings is 1. The van der Waals surface area contributed by atoms with Gasteiger partial charge in [0.15, 0.2) is 0 Å². The van der Waals surface area contributed by atoms with Crippen molar-refractivity contribution in [2.24, 2.45) is 0 Å². The fourth-order valence-corrected chi connectivity index (χ4v) is 2.66. The monoisotopic (exact) mass is 235 g/mol. The van der Waals surface area contributed by atoms with Crippen molar-refractivity contribution in [2.45, 2.75) is 46.1 Å². The fraction of sp³-hybridized carbons (Fsp3) is 0.714. The van der Waals surface area contributed by atoms with Crippen molar-refractivity contribution in [1.29, 1.82) is 0 Å². The Morgan fingerprint density at radius 3 is 2.29 bits per heavy atom. The van der Waals surface area contributed by atoms with E-state index in [4.69, 9.17) is 0 Å². The molecule has 0 bridgehead atoms. The number of nitrogens with one attached hydrogen (secondary N) is 1. The molecule has 3 heteroatoms. The maximum Gasteiger partial charge on any atom is 0.0448 e. The minimum atomic E-state index is 0.632. The predicted octanol–water partition coefficient (Wildman–Crippen LogP) is 2.52. The maximum atomic E-state index is 3.65. The molecule has 2 heterocycles. The van der Waals surface area contributed by atoms with Gasteiger partial charge in [-0.3, -0.25) is 4.68 Å². The third-order valence-corrected chi connectivity index (χ3v) is 3.71. The molecular formula is C14H25N3. The van der Waals surface area contributed by atoms with Gasteiger partial charge < -0.3 is 10.3 Å². The third kappa shape index (κ3) is 3.03. The summed E-state index contributed by atoms with van der Waals surface area (Å²) < 4.78 is 2.24. The molecular weight excluding hydrogens is 210 g/mol. The van der Waals surface area contributed by atoms with Gasteiger partial charge in [-0.1, -0.05) is 6.92 Å². The number of likely N-dealkylation sites (tertiary alicyclic amines) is 1. The first kappa shape index (κ1) is 12.5. The topological polar surface area (TPSA) is 20.2 Å². The first-order chi connectivity index (χ1) is 8.20. The Labute approximate surface area is 105 Å². The zero-order valence-electron chi connectivity index (χ0n) is 11.4. The summed E-state index contributed by atoms with van der Waals surface area (Å²) in [5.41, 5.74) is 6.26. The van der Waals surface area contributed by atoms with E-state index >= 15 is 0 Å². The minimum Gasteiger partial charge on any atom is -0.323 e. The number of hydrogen-bond donors (Lipinski definition) is 1. The van der Waals surface area contributed by atoms with Gasteiger partial charge in [0, 0.05) is 30.5 Å². The predicted molar refractivity (Wildman–Crippen MR) is 73.0 cm³/mol. The molecule has 0 aliphatic carbocycles. The summed E-state index contributed by atoms with van der Waals surface area (Å²) in [4.78, 5) is 2.58. The Kier molecular flexibility index (Phi) is 4.11. The molecule has 0 aromatic carbocycles. The highest BCUT2D eigenvalue weighted by Crippen LogP contribution is 2.13. The summed E-state index contributed by atoms with van der Waals surface area (Å²) in [6, 6.07) is 4.98. The van der Waals surface area contributed by atoms with E-state index < -0.39 is 0 Å². The SMILES string of the molecule is CCCN1CCC(Nn2c(C)ccc2C)CC1. The highest BCUT2D eigenvalue weighted by atomic mass is 15.4. The number of nitrogens with zero attached hydrogens (tertiary/aromatic N) is 2. The quantitative estimate of drug-likeness (QED) is 0.865. The number of aryl methyl sites for hydroxylation is 2. The van der Waals surface area contributed by atoms with Crippen LogP contribution in [0.3, 0.4) is 0 Å². The molecule has 1 aliphatic rings. The Morgan fingerprint density at radius 2 is 1.76 bits per heavy atom. The molecule has 0 spiro atoms. The zero-order chi connectivity index (χ0) is 12.3. The van der Waals surface area contributed by atoms with Crippen LogP contribution in [0.5, 0.6) is 0 Å². The van der Waals surface area contributed by atoms with Crippen molar-refractivity contribution in [1.82, 2.24) is 9.58 Å². The number of hydrogen-bond acceptors (Lipinski definition) is 2.